The third-order valence-corrected chi connectivity index (χ3v) is 4.58. The number of benzene rings is 1. The van der Waals surface area contributed by atoms with Crippen LogP contribution in [0.25, 0.3) is 5.82 Å². The summed E-state index contributed by atoms with van der Waals surface area (Å²) < 4.78 is 42.8. The molecule has 1 aliphatic rings. The highest BCUT2D eigenvalue weighted by Crippen LogP contribution is 2.24. The third kappa shape index (κ3) is 4.50. The van der Waals surface area contributed by atoms with Crippen LogP contribution in [0.4, 0.5) is 19.0 Å². The molecular formula is C19H17F3N6O2. The summed E-state index contributed by atoms with van der Waals surface area (Å²) in [6.45, 7) is 1.87. The highest BCUT2D eigenvalue weighted by atomic mass is 19.4. The molecule has 0 spiro atoms. The van der Waals surface area contributed by atoms with E-state index in [4.69, 9.17) is 0 Å². The number of ether oxygens (including phenoxy) is 1. The van der Waals surface area contributed by atoms with Crippen molar-refractivity contribution in [1.82, 2.24) is 24.6 Å². The molecule has 2 aromatic heterocycles. The van der Waals surface area contributed by atoms with Gasteiger partial charge in [-0.3, -0.25) is 4.79 Å². The van der Waals surface area contributed by atoms with E-state index < -0.39 is 12.1 Å². The number of halogens is 3. The number of carbonyl (C=O) groups is 1. The van der Waals surface area contributed by atoms with Gasteiger partial charge in [0.15, 0.2) is 5.82 Å². The average Bonchev–Trinajstić information content (AvgIpc) is 3.27. The molecule has 4 rings (SSSR count). The average molecular weight is 418 g/mol. The summed E-state index contributed by atoms with van der Waals surface area (Å²) >= 11 is 0. The summed E-state index contributed by atoms with van der Waals surface area (Å²) in [5.74, 6) is 0.578. The number of rotatable bonds is 4. The van der Waals surface area contributed by atoms with E-state index in [9.17, 15) is 18.0 Å². The predicted octanol–water partition coefficient (Wildman–Crippen LogP) is 2.52. The maximum atomic E-state index is 12.7. The van der Waals surface area contributed by atoms with Crippen LogP contribution in [0.1, 0.15) is 10.4 Å². The predicted molar refractivity (Wildman–Crippen MR) is 100 cm³/mol. The van der Waals surface area contributed by atoms with Crippen molar-refractivity contribution < 1.29 is 22.7 Å². The molecule has 0 saturated carbocycles. The molecule has 3 heterocycles. The molecule has 0 bridgehead atoms. The highest BCUT2D eigenvalue weighted by Gasteiger charge is 2.31. The lowest BCUT2D eigenvalue weighted by Gasteiger charge is -2.35. The van der Waals surface area contributed by atoms with E-state index >= 15 is 0 Å². The molecule has 1 aliphatic heterocycles. The fourth-order valence-electron chi connectivity index (χ4n) is 3.19. The summed E-state index contributed by atoms with van der Waals surface area (Å²) in [7, 11) is 0. The van der Waals surface area contributed by atoms with Gasteiger partial charge in [-0.25, -0.2) is 14.6 Å². The molecule has 156 valence electrons. The number of nitrogens with zero attached hydrogens (tertiary/aromatic N) is 6. The summed E-state index contributed by atoms with van der Waals surface area (Å²) in [6, 6.07) is 8.70. The van der Waals surface area contributed by atoms with Gasteiger partial charge in [0.2, 0.25) is 0 Å². The highest BCUT2D eigenvalue weighted by molar-refractivity contribution is 5.94. The SMILES string of the molecule is O=C(c1cccc(OC(F)(F)F)c1)N1CCN(c2cc(-n3cccn3)ncn2)CC1. The number of alkyl halides is 3. The molecule has 0 atom stereocenters. The molecule has 0 N–H and O–H groups in total. The fraction of sp³-hybridized carbons (Fsp3) is 0.263. The number of aromatic nitrogens is 4. The zero-order chi connectivity index (χ0) is 21.1. The second kappa shape index (κ2) is 8.01. The molecule has 8 nitrogen and oxygen atoms in total. The Kier molecular flexibility index (Phi) is 5.25. The van der Waals surface area contributed by atoms with Crippen molar-refractivity contribution >= 4 is 11.7 Å². The van der Waals surface area contributed by atoms with Gasteiger partial charge in [0.1, 0.15) is 17.9 Å². The van der Waals surface area contributed by atoms with Gasteiger partial charge in [-0.1, -0.05) is 6.07 Å². The van der Waals surface area contributed by atoms with Crippen molar-refractivity contribution in [3.8, 4) is 11.6 Å². The number of anilines is 1. The Bertz CT molecular complexity index is 1020. The van der Waals surface area contributed by atoms with Crippen LogP contribution in [0.5, 0.6) is 5.75 Å². The summed E-state index contributed by atoms with van der Waals surface area (Å²) in [6.07, 6.45) is 0.0795. The Morgan fingerprint density at radius 1 is 1.00 bits per heavy atom. The largest absolute Gasteiger partial charge is 0.573 e. The number of amides is 1. The Morgan fingerprint density at radius 3 is 2.47 bits per heavy atom. The number of hydrogen-bond donors (Lipinski definition) is 0. The van der Waals surface area contributed by atoms with E-state index in [1.54, 1.807) is 28.0 Å². The molecule has 0 aliphatic carbocycles. The smallest absolute Gasteiger partial charge is 0.406 e. The van der Waals surface area contributed by atoms with Crippen LogP contribution in [-0.2, 0) is 0 Å². The Hall–Kier alpha value is -3.63. The molecule has 3 aromatic rings. The van der Waals surface area contributed by atoms with Crippen LogP contribution in [0.15, 0.2) is 55.1 Å². The number of piperazine rings is 1. The van der Waals surface area contributed by atoms with E-state index in [2.05, 4.69) is 19.8 Å². The van der Waals surface area contributed by atoms with E-state index in [0.717, 1.165) is 12.1 Å². The fourth-order valence-corrected chi connectivity index (χ4v) is 3.19. The molecule has 0 unspecified atom stereocenters. The monoisotopic (exact) mass is 418 g/mol. The van der Waals surface area contributed by atoms with E-state index in [0.29, 0.717) is 37.8 Å². The van der Waals surface area contributed by atoms with Crippen LogP contribution < -0.4 is 9.64 Å². The van der Waals surface area contributed by atoms with Gasteiger partial charge in [-0.05, 0) is 24.3 Å². The van der Waals surface area contributed by atoms with E-state index in [-0.39, 0.29) is 11.5 Å². The lowest BCUT2D eigenvalue weighted by atomic mass is 10.1. The zero-order valence-electron chi connectivity index (χ0n) is 15.7. The Balaban J connectivity index is 1.41. The van der Waals surface area contributed by atoms with Crippen LogP contribution >= 0.6 is 0 Å². The maximum absolute atomic E-state index is 12.7. The maximum Gasteiger partial charge on any atom is 0.573 e. The van der Waals surface area contributed by atoms with E-state index in [1.165, 1.54) is 18.5 Å². The van der Waals surface area contributed by atoms with Crippen molar-refractivity contribution in [2.75, 3.05) is 31.1 Å². The summed E-state index contributed by atoms with van der Waals surface area (Å²) in [5, 5.41) is 4.15. The lowest BCUT2D eigenvalue weighted by molar-refractivity contribution is -0.274. The van der Waals surface area contributed by atoms with Crippen LogP contribution in [-0.4, -0.2) is 63.1 Å². The van der Waals surface area contributed by atoms with Crippen molar-refractivity contribution in [2.24, 2.45) is 0 Å². The minimum atomic E-state index is -4.81. The van der Waals surface area contributed by atoms with Crippen LogP contribution in [0.2, 0.25) is 0 Å². The van der Waals surface area contributed by atoms with Gasteiger partial charge >= 0.3 is 6.36 Å². The first-order valence-corrected chi connectivity index (χ1v) is 9.11. The van der Waals surface area contributed by atoms with Crippen molar-refractivity contribution in [1.29, 1.82) is 0 Å². The quantitative estimate of drug-likeness (QED) is 0.648. The minimum absolute atomic E-state index is 0.146. The first kappa shape index (κ1) is 19.7. The van der Waals surface area contributed by atoms with Gasteiger partial charge in [0.25, 0.3) is 5.91 Å². The first-order chi connectivity index (χ1) is 14.4. The first-order valence-electron chi connectivity index (χ1n) is 9.11. The topological polar surface area (TPSA) is 76.4 Å². The molecule has 11 heteroatoms. The van der Waals surface area contributed by atoms with E-state index in [1.807, 2.05) is 11.0 Å². The van der Waals surface area contributed by atoms with Gasteiger partial charge < -0.3 is 14.5 Å². The van der Waals surface area contributed by atoms with Crippen LogP contribution in [0.3, 0.4) is 0 Å². The Labute approximate surface area is 169 Å². The molecule has 1 fully saturated rings. The van der Waals surface area contributed by atoms with Gasteiger partial charge in [0, 0.05) is 50.2 Å². The van der Waals surface area contributed by atoms with Crippen molar-refractivity contribution in [2.45, 2.75) is 6.36 Å². The molecule has 1 saturated heterocycles. The lowest BCUT2D eigenvalue weighted by Crippen LogP contribution is -2.49. The normalized spacial score (nSPS) is 14.6. The minimum Gasteiger partial charge on any atom is -0.406 e. The second-order valence-electron chi connectivity index (χ2n) is 6.54. The van der Waals surface area contributed by atoms with Gasteiger partial charge in [-0.15, -0.1) is 13.2 Å². The van der Waals surface area contributed by atoms with Gasteiger partial charge in [0.05, 0.1) is 0 Å². The number of carbonyl (C=O) groups excluding carboxylic acids is 1. The number of hydrogen-bond acceptors (Lipinski definition) is 6. The molecular weight excluding hydrogens is 401 g/mol. The summed E-state index contributed by atoms with van der Waals surface area (Å²) in [4.78, 5) is 24.8. The summed E-state index contributed by atoms with van der Waals surface area (Å²) in [5.41, 5.74) is 0.146. The van der Waals surface area contributed by atoms with Crippen molar-refractivity contribution in [3.05, 3.63) is 60.7 Å². The van der Waals surface area contributed by atoms with Gasteiger partial charge in [-0.2, -0.15) is 5.10 Å². The second-order valence-corrected chi connectivity index (χ2v) is 6.54. The van der Waals surface area contributed by atoms with Crippen molar-refractivity contribution in [3.63, 3.8) is 0 Å². The molecule has 1 aromatic carbocycles. The molecule has 1 amide bonds. The molecule has 30 heavy (non-hydrogen) atoms. The standard InChI is InChI=1S/C19H17F3N6O2/c20-19(21,22)30-15-4-1-3-14(11-15)18(29)27-9-7-26(8-10-27)16-12-17(24-13-23-16)28-6-2-5-25-28/h1-6,11-13H,7-10H2. The van der Waals surface area contributed by atoms with Crippen LogP contribution in [0, 0.1) is 0 Å². The Morgan fingerprint density at radius 2 is 1.77 bits per heavy atom. The zero-order valence-corrected chi connectivity index (χ0v) is 15.7. The molecule has 0 radical (unpaired) electrons. The third-order valence-electron chi connectivity index (χ3n) is 4.58.